The van der Waals surface area contributed by atoms with Crippen LogP contribution in [0.4, 0.5) is 0 Å². The Labute approximate surface area is 197 Å². The van der Waals surface area contributed by atoms with Gasteiger partial charge in [0, 0.05) is 0 Å². The number of unbranched alkanes of at least 4 members (excludes halogenated alkanes) is 6. The van der Waals surface area contributed by atoms with Crippen LogP contribution >= 0.6 is 0 Å². The van der Waals surface area contributed by atoms with Crippen LogP contribution in [0.2, 0.25) is 0 Å². The summed E-state index contributed by atoms with van der Waals surface area (Å²) < 4.78 is 25.0. The van der Waals surface area contributed by atoms with Gasteiger partial charge in [-0.15, -0.1) is 0 Å². The number of benzene rings is 1. The van der Waals surface area contributed by atoms with Gasteiger partial charge in [0.15, 0.2) is 0 Å². The summed E-state index contributed by atoms with van der Waals surface area (Å²) >= 11 is 0. The molecule has 0 amide bonds. The molecule has 0 spiro atoms. The summed E-state index contributed by atoms with van der Waals surface area (Å²) in [7, 11) is -0.541. The highest BCUT2D eigenvalue weighted by atomic mass is 16.7. The molecule has 0 N–H and O–H groups in total. The lowest BCUT2D eigenvalue weighted by atomic mass is 9.67. The number of rotatable bonds is 12. The highest BCUT2D eigenvalue weighted by Gasteiger charge is 2.41. The van der Waals surface area contributed by atoms with Gasteiger partial charge in [0.1, 0.15) is 0 Å². The Bertz CT molecular complexity index is 634. The minimum atomic E-state index is -0.270. The second kappa shape index (κ2) is 12.6. The van der Waals surface area contributed by atoms with Crippen molar-refractivity contribution in [1.29, 1.82) is 0 Å². The summed E-state index contributed by atoms with van der Waals surface area (Å²) in [4.78, 5) is 0. The summed E-state index contributed by atoms with van der Waals surface area (Å²) in [5.74, 6) is 0. The first-order valence-corrected chi connectivity index (χ1v) is 13.2. The lowest BCUT2D eigenvalue weighted by Crippen LogP contribution is -2.42. The van der Waals surface area contributed by atoms with Crippen molar-refractivity contribution >= 4 is 25.2 Å². The Morgan fingerprint density at radius 1 is 0.562 bits per heavy atom. The third kappa shape index (κ3) is 6.62. The van der Waals surface area contributed by atoms with Crippen molar-refractivity contribution in [2.75, 3.05) is 0 Å². The molecule has 6 heteroatoms. The largest absolute Gasteiger partial charge is 0.494 e. The van der Waals surface area contributed by atoms with Crippen LogP contribution in [0.15, 0.2) is 12.1 Å². The smallest absolute Gasteiger partial charge is 0.402 e. The van der Waals surface area contributed by atoms with E-state index >= 15 is 0 Å². The van der Waals surface area contributed by atoms with Gasteiger partial charge in [-0.1, -0.05) is 64.5 Å². The first-order chi connectivity index (χ1) is 15.4. The topological polar surface area (TPSA) is 36.9 Å². The number of hydrogen-bond donors (Lipinski definition) is 0. The molecule has 2 aliphatic rings. The zero-order valence-electron chi connectivity index (χ0n) is 21.3. The zero-order chi connectivity index (χ0) is 23.1. The maximum Gasteiger partial charge on any atom is 0.494 e. The Balaban J connectivity index is 1.91. The van der Waals surface area contributed by atoms with Crippen LogP contribution in [0.3, 0.4) is 0 Å². The van der Waals surface area contributed by atoms with Crippen LogP contribution < -0.4 is 10.9 Å². The Morgan fingerprint density at radius 2 is 0.906 bits per heavy atom. The molecule has 4 unspecified atom stereocenters. The summed E-state index contributed by atoms with van der Waals surface area (Å²) in [5.41, 5.74) is 5.09. The van der Waals surface area contributed by atoms with Gasteiger partial charge in [-0.05, 0) is 75.4 Å². The molecule has 0 aliphatic carbocycles. The average molecular weight is 442 g/mol. The molecule has 0 aromatic heterocycles. The maximum atomic E-state index is 6.24. The van der Waals surface area contributed by atoms with Crippen molar-refractivity contribution in [2.45, 2.75) is 130 Å². The van der Waals surface area contributed by atoms with E-state index in [9.17, 15) is 0 Å². The predicted molar refractivity (Wildman–Crippen MR) is 135 cm³/mol. The molecule has 1 aromatic rings. The van der Waals surface area contributed by atoms with Gasteiger partial charge in [-0.25, -0.2) is 0 Å². The van der Waals surface area contributed by atoms with E-state index in [0.29, 0.717) is 0 Å². The molecule has 3 rings (SSSR count). The van der Waals surface area contributed by atoms with E-state index in [4.69, 9.17) is 18.6 Å². The molecule has 2 saturated heterocycles. The molecule has 1 aromatic carbocycles. The second-order valence-corrected chi connectivity index (χ2v) is 9.90. The molecule has 2 fully saturated rings. The van der Waals surface area contributed by atoms with E-state index in [0.717, 1.165) is 12.8 Å². The first-order valence-electron chi connectivity index (χ1n) is 13.2. The summed E-state index contributed by atoms with van der Waals surface area (Å²) in [6.07, 6.45) is 12.5. The summed E-state index contributed by atoms with van der Waals surface area (Å²) in [6, 6.07) is 4.71. The highest BCUT2D eigenvalue weighted by molar-refractivity contribution is 6.65. The van der Waals surface area contributed by atoms with Crippen LogP contribution in [0, 0.1) is 0 Å². The Kier molecular flexibility index (Phi) is 10.2. The predicted octanol–water partition coefficient (Wildman–Crippen LogP) is 4.97. The van der Waals surface area contributed by atoms with Crippen LogP contribution in [-0.2, 0) is 31.5 Å². The van der Waals surface area contributed by atoms with Crippen molar-refractivity contribution in [3.05, 3.63) is 23.3 Å². The minimum Gasteiger partial charge on any atom is -0.402 e. The molecule has 0 radical (unpaired) electrons. The lowest BCUT2D eigenvalue weighted by Gasteiger charge is -2.19. The molecular formula is C26H44B2O4. The fourth-order valence-electron chi connectivity index (χ4n) is 4.66. The van der Waals surface area contributed by atoms with Crippen LogP contribution in [0.25, 0.3) is 0 Å². The zero-order valence-corrected chi connectivity index (χ0v) is 21.3. The van der Waals surface area contributed by atoms with E-state index in [1.807, 2.05) is 0 Å². The monoisotopic (exact) mass is 442 g/mol. The van der Waals surface area contributed by atoms with E-state index in [1.54, 1.807) is 0 Å². The van der Waals surface area contributed by atoms with Gasteiger partial charge in [0.05, 0.1) is 24.4 Å². The number of hydrogen-bond acceptors (Lipinski definition) is 4. The lowest BCUT2D eigenvalue weighted by molar-refractivity contribution is 0.187. The van der Waals surface area contributed by atoms with Crippen molar-refractivity contribution in [2.24, 2.45) is 0 Å². The van der Waals surface area contributed by atoms with Gasteiger partial charge < -0.3 is 18.6 Å². The number of aryl methyl sites for hydroxylation is 2. The van der Waals surface area contributed by atoms with Gasteiger partial charge in [0.25, 0.3) is 0 Å². The van der Waals surface area contributed by atoms with Crippen LogP contribution in [0.1, 0.15) is 104 Å². The maximum absolute atomic E-state index is 6.24. The molecule has 4 atom stereocenters. The minimum absolute atomic E-state index is 0.115. The second-order valence-electron chi connectivity index (χ2n) is 9.90. The average Bonchev–Trinajstić information content (AvgIpc) is 3.29. The first kappa shape index (κ1) is 25.8. The quantitative estimate of drug-likeness (QED) is 0.339. The molecule has 2 heterocycles. The third-order valence-corrected chi connectivity index (χ3v) is 7.18. The fraction of sp³-hybridized carbons (Fsp3) is 0.769. The van der Waals surface area contributed by atoms with Crippen LogP contribution in [-0.4, -0.2) is 38.7 Å². The van der Waals surface area contributed by atoms with E-state index in [2.05, 4.69) is 53.7 Å². The molecular weight excluding hydrogens is 398 g/mol. The van der Waals surface area contributed by atoms with Gasteiger partial charge in [-0.2, -0.15) is 0 Å². The molecule has 32 heavy (non-hydrogen) atoms. The SMILES string of the molecule is CCCCCCc1cc(B2OC(C)C(C)O2)c(CCCCCC)cc1B1OC(C)C(C)O1. The van der Waals surface area contributed by atoms with E-state index in [-0.39, 0.29) is 38.7 Å². The third-order valence-electron chi connectivity index (χ3n) is 7.18. The molecule has 0 saturated carbocycles. The van der Waals surface area contributed by atoms with E-state index < -0.39 is 0 Å². The van der Waals surface area contributed by atoms with Gasteiger partial charge in [-0.3, -0.25) is 0 Å². The standard InChI is InChI=1S/C26H44B2O4/c1-7-9-11-13-15-23-17-26(28-31-21(5)22(6)32-28)24(16-14-12-10-8-2)18-25(23)27-29-19(3)20(4)30-27/h17-22H,7-16H2,1-6H3. The Morgan fingerprint density at radius 3 is 1.22 bits per heavy atom. The van der Waals surface area contributed by atoms with Crippen molar-refractivity contribution < 1.29 is 18.6 Å². The normalized spacial score (nSPS) is 25.8. The molecule has 0 bridgehead atoms. The summed E-state index contributed by atoms with van der Waals surface area (Å²) in [5, 5.41) is 0. The van der Waals surface area contributed by atoms with Crippen molar-refractivity contribution in [3.63, 3.8) is 0 Å². The van der Waals surface area contributed by atoms with Crippen molar-refractivity contribution in [1.82, 2.24) is 0 Å². The van der Waals surface area contributed by atoms with Crippen LogP contribution in [0.5, 0.6) is 0 Å². The summed E-state index contributed by atoms with van der Waals surface area (Å²) in [6.45, 7) is 12.9. The molecule has 4 nitrogen and oxygen atoms in total. The van der Waals surface area contributed by atoms with Gasteiger partial charge >= 0.3 is 14.2 Å². The molecule has 178 valence electrons. The van der Waals surface area contributed by atoms with Crippen molar-refractivity contribution in [3.8, 4) is 0 Å². The molecule has 2 aliphatic heterocycles. The van der Waals surface area contributed by atoms with Gasteiger partial charge in [0.2, 0.25) is 0 Å². The van der Waals surface area contributed by atoms with E-state index in [1.165, 1.54) is 73.4 Å². The Hall–Kier alpha value is -0.810. The fourth-order valence-corrected chi connectivity index (χ4v) is 4.66. The highest BCUT2D eigenvalue weighted by Crippen LogP contribution is 2.22.